The predicted octanol–water partition coefficient (Wildman–Crippen LogP) is 3.66. The number of carbonyl (C=O) groups excluding carboxylic acids is 1. The molecule has 0 unspecified atom stereocenters. The zero-order valence-electron chi connectivity index (χ0n) is 14.0. The summed E-state index contributed by atoms with van der Waals surface area (Å²) in [5, 5.41) is 8.44. The van der Waals surface area contributed by atoms with Crippen LogP contribution in [0.15, 0.2) is 0 Å². The Balaban J connectivity index is -0.00000115. The molecule has 0 aliphatic carbocycles. The third kappa shape index (κ3) is 25.1. The number of aliphatic carboxylic acids is 1. The monoisotopic (exact) mass is 325 g/mol. The van der Waals surface area contributed by atoms with Crippen LogP contribution in [0.25, 0.3) is 0 Å². The van der Waals surface area contributed by atoms with Crippen molar-refractivity contribution < 1.29 is 14.7 Å². The van der Waals surface area contributed by atoms with E-state index in [4.69, 9.17) is 5.11 Å². The number of hydrogen-bond donors (Lipinski definition) is 2. The summed E-state index contributed by atoms with van der Waals surface area (Å²) in [4.78, 5) is 21.4. The number of rotatable bonds is 14. The Morgan fingerprint density at radius 3 is 1.50 bits per heavy atom. The Kier molecular flexibility index (Phi) is 28.6. The Bertz CT molecular complexity index is 248. The molecule has 0 atom stereocenters. The average molecular weight is 325 g/mol. The second-order valence-electron chi connectivity index (χ2n) is 5.39. The fraction of sp³-hybridized carbons (Fsp3) is 0.882. The van der Waals surface area contributed by atoms with Crippen LogP contribution in [0.3, 0.4) is 0 Å². The van der Waals surface area contributed by atoms with Gasteiger partial charge in [-0.3, -0.25) is 9.59 Å². The molecule has 0 fully saturated rings. The molecule has 0 aromatic rings. The first-order valence-electron chi connectivity index (χ1n) is 8.48. The van der Waals surface area contributed by atoms with Crippen molar-refractivity contribution in [2.24, 2.45) is 5.73 Å². The molecule has 3 N–H and O–H groups in total. The number of carbonyl (C=O) groups is 2. The van der Waals surface area contributed by atoms with Gasteiger partial charge in [-0.2, -0.15) is 0 Å². The van der Waals surface area contributed by atoms with Crippen molar-refractivity contribution in [3.63, 3.8) is 0 Å². The van der Waals surface area contributed by atoms with Crippen LogP contribution in [0.1, 0.15) is 90.4 Å². The van der Waals surface area contributed by atoms with Gasteiger partial charge >= 0.3 is 35.5 Å². The van der Waals surface area contributed by atoms with E-state index in [1.807, 2.05) is 0 Å². The van der Waals surface area contributed by atoms with Gasteiger partial charge in [0.05, 0.1) is 0 Å². The molecule has 0 aliphatic heterocycles. The van der Waals surface area contributed by atoms with E-state index in [1.54, 1.807) is 0 Å². The maximum absolute atomic E-state index is 11.1. The van der Waals surface area contributed by atoms with Crippen molar-refractivity contribution in [3.8, 4) is 0 Å². The topological polar surface area (TPSA) is 80.4 Å². The van der Waals surface area contributed by atoms with Crippen LogP contribution in [0, 0.1) is 0 Å². The van der Waals surface area contributed by atoms with Crippen molar-refractivity contribution in [3.05, 3.63) is 0 Å². The summed E-state index contributed by atoms with van der Waals surface area (Å²) in [5.74, 6) is -1.14. The molecule has 0 heterocycles. The molecule has 0 rings (SSSR count). The van der Waals surface area contributed by atoms with Gasteiger partial charge < -0.3 is 10.8 Å². The number of hydrogen-bond acceptors (Lipinski definition) is 3. The summed E-state index contributed by atoms with van der Waals surface area (Å²) in [6.07, 6.45) is 13.9. The second kappa shape index (κ2) is 23.4. The zero-order valence-corrected chi connectivity index (χ0v) is 14.0. The fourth-order valence-electron chi connectivity index (χ4n) is 2.24. The molecular formula is C17H36NNaO3. The average Bonchev–Trinajstić information content (AvgIpc) is 2.46. The van der Waals surface area contributed by atoms with Gasteiger partial charge in [-0.05, 0) is 13.5 Å². The standard InChI is InChI=1S/C16H30O3.CH5N.Na.H/c1-2-3-4-5-6-7-8-9-10-11-12-13-15(17)14-16(18)19;1-2;;/h2-14H2,1H3,(H,18,19);2H2,1H3;;. The molecule has 0 saturated heterocycles. The number of carboxylic acids is 1. The van der Waals surface area contributed by atoms with E-state index in [1.165, 1.54) is 64.8 Å². The Morgan fingerprint density at radius 1 is 0.773 bits per heavy atom. The van der Waals surface area contributed by atoms with Crippen molar-refractivity contribution in [2.75, 3.05) is 7.05 Å². The fourth-order valence-corrected chi connectivity index (χ4v) is 2.24. The van der Waals surface area contributed by atoms with E-state index in [-0.39, 0.29) is 41.8 Å². The molecule has 22 heavy (non-hydrogen) atoms. The number of nitrogens with two attached hydrogens (primary N) is 1. The first-order valence-corrected chi connectivity index (χ1v) is 8.48. The van der Waals surface area contributed by atoms with E-state index in [0.717, 1.165) is 12.8 Å². The first-order chi connectivity index (χ1) is 10.2. The number of unbranched alkanes of at least 4 members (excludes halogenated alkanes) is 10. The molecule has 0 radical (unpaired) electrons. The van der Waals surface area contributed by atoms with Crippen LogP contribution in [0.5, 0.6) is 0 Å². The maximum atomic E-state index is 11.1. The van der Waals surface area contributed by atoms with Crippen LogP contribution in [-0.4, -0.2) is 53.5 Å². The van der Waals surface area contributed by atoms with E-state index in [0.29, 0.717) is 6.42 Å². The van der Waals surface area contributed by atoms with E-state index in [2.05, 4.69) is 12.7 Å². The van der Waals surface area contributed by atoms with Gasteiger partial charge in [-0.15, -0.1) is 0 Å². The SMILES string of the molecule is CCCCCCCCCCCCCC(=O)CC(=O)O.CN.[NaH]. The normalized spacial score (nSPS) is 9.41. The number of carboxylic acid groups (broad SMARTS) is 1. The van der Waals surface area contributed by atoms with Crippen LogP contribution >= 0.6 is 0 Å². The second-order valence-corrected chi connectivity index (χ2v) is 5.39. The summed E-state index contributed by atoms with van der Waals surface area (Å²) in [7, 11) is 1.50. The minimum absolute atomic E-state index is 0. The zero-order chi connectivity index (χ0) is 16.3. The van der Waals surface area contributed by atoms with Gasteiger partial charge in [0.1, 0.15) is 12.2 Å². The Morgan fingerprint density at radius 2 is 1.14 bits per heavy atom. The Labute approximate surface area is 158 Å². The van der Waals surface area contributed by atoms with Crippen LogP contribution in [0.2, 0.25) is 0 Å². The Hall–Kier alpha value is 0.1000. The van der Waals surface area contributed by atoms with Crippen molar-refractivity contribution in [1.29, 1.82) is 0 Å². The molecule has 128 valence electrons. The van der Waals surface area contributed by atoms with Gasteiger partial charge in [0.2, 0.25) is 0 Å². The van der Waals surface area contributed by atoms with Crippen LogP contribution < -0.4 is 5.73 Å². The summed E-state index contributed by atoms with van der Waals surface area (Å²) in [6, 6.07) is 0. The van der Waals surface area contributed by atoms with Gasteiger partial charge in [-0.25, -0.2) is 0 Å². The molecule has 0 amide bonds. The van der Waals surface area contributed by atoms with E-state index < -0.39 is 5.97 Å². The first kappa shape index (κ1) is 27.0. The van der Waals surface area contributed by atoms with Crippen molar-refractivity contribution in [1.82, 2.24) is 0 Å². The molecule has 0 aromatic carbocycles. The molecule has 0 spiro atoms. The molecule has 0 saturated carbocycles. The number of ketones is 1. The van der Waals surface area contributed by atoms with Crippen molar-refractivity contribution in [2.45, 2.75) is 90.4 Å². The quantitative estimate of drug-likeness (QED) is 0.290. The molecule has 0 aliphatic rings. The summed E-state index contributed by atoms with van der Waals surface area (Å²) < 4.78 is 0. The minimum atomic E-state index is -1.01. The number of Topliss-reactive ketones (excluding diaryl/α,β-unsaturated/α-hetero) is 1. The summed E-state index contributed by atoms with van der Waals surface area (Å²) in [6.45, 7) is 2.24. The molecule has 0 bridgehead atoms. The van der Waals surface area contributed by atoms with Crippen LogP contribution in [-0.2, 0) is 9.59 Å². The predicted molar refractivity (Wildman–Crippen MR) is 95.6 cm³/mol. The molecule has 0 aromatic heterocycles. The third-order valence-corrected chi connectivity index (χ3v) is 3.41. The molecular weight excluding hydrogens is 289 g/mol. The third-order valence-electron chi connectivity index (χ3n) is 3.41. The molecule has 4 nitrogen and oxygen atoms in total. The van der Waals surface area contributed by atoms with Gasteiger partial charge in [0.25, 0.3) is 0 Å². The van der Waals surface area contributed by atoms with Gasteiger partial charge in [0, 0.05) is 6.42 Å². The van der Waals surface area contributed by atoms with Crippen molar-refractivity contribution >= 4 is 41.3 Å². The van der Waals surface area contributed by atoms with Gasteiger partial charge in [0.15, 0.2) is 0 Å². The molecule has 5 heteroatoms. The van der Waals surface area contributed by atoms with Gasteiger partial charge in [-0.1, -0.05) is 71.1 Å². The van der Waals surface area contributed by atoms with E-state index >= 15 is 0 Å². The van der Waals surface area contributed by atoms with E-state index in [9.17, 15) is 9.59 Å². The van der Waals surface area contributed by atoms with Crippen LogP contribution in [0.4, 0.5) is 0 Å². The summed E-state index contributed by atoms with van der Waals surface area (Å²) >= 11 is 0. The summed E-state index contributed by atoms with van der Waals surface area (Å²) in [5.41, 5.74) is 4.50.